The topological polar surface area (TPSA) is 38.3 Å². The number of cyclic esters (lactones) is 1. The van der Waals surface area contributed by atoms with Crippen LogP contribution >= 0.6 is 0 Å². The zero-order chi connectivity index (χ0) is 11.6. The molecule has 1 aromatic rings. The molecule has 2 rings (SSSR count). The zero-order valence-electron chi connectivity index (χ0n) is 9.69. The molecule has 0 spiro atoms. The normalized spacial score (nSPS) is 24.3. The molecular weight excluding hydrogens is 202 g/mol. The number of hydrogen-bond donors (Lipinski definition) is 1. The van der Waals surface area contributed by atoms with E-state index in [0.29, 0.717) is 12.5 Å². The van der Waals surface area contributed by atoms with Gasteiger partial charge in [-0.05, 0) is 17.9 Å². The zero-order valence-corrected chi connectivity index (χ0v) is 9.69. The van der Waals surface area contributed by atoms with Crippen molar-refractivity contribution < 1.29 is 9.53 Å². The van der Waals surface area contributed by atoms with Crippen LogP contribution in [0.4, 0.5) is 4.79 Å². The van der Waals surface area contributed by atoms with Crippen LogP contribution in [0, 0.1) is 5.92 Å². The van der Waals surface area contributed by atoms with Gasteiger partial charge in [0.25, 0.3) is 0 Å². The highest BCUT2D eigenvalue weighted by molar-refractivity contribution is 5.71. The second-order valence-corrected chi connectivity index (χ2v) is 4.75. The van der Waals surface area contributed by atoms with E-state index in [2.05, 4.69) is 19.2 Å². The molecule has 1 aliphatic rings. The molecule has 1 aliphatic heterocycles. The molecule has 0 radical (unpaired) electrons. The average Bonchev–Trinajstić information content (AvgIpc) is 2.62. The van der Waals surface area contributed by atoms with Crippen LogP contribution in [0.3, 0.4) is 0 Å². The molecule has 3 heteroatoms. The van der Waals surface area contributed by atoms with Crippen molar-refractivity contribution in [2.75, 3.05) is 6.61 Å². The van der Waals surface area contributed by atoms with Gasteiger partial charge in [-0.1, -0.05) is 44.2 Å². The summed E-state index contributed by atoms with van der Waals surface area (Å²) < 4.78 is 5.07. The standard InChI is InChI=1S/C13H17NO2/c1-10(2)8-13(9-16-12(15)14-13)11-6-4-3-5-7-11/h3-7,10H,8-9H2,1-2H3,(H,14,15). The van der Waals surface area contributed by atoms with Crippen molar-refractivity contribution in [1.82, 2.24) is 5.32 Å². The first-order valence-corrected chi connectivity index (χ1v) is 5.63. The van der Waals surface area contributed by atoms with E-state index in [4.69, 9.17) is 4.74 Å². The van der Waals surface area contributed by atoms with Gasteiger partial charge in [-0.25, -0.2) is 4.79 Å². The molecule has 1 fully saturated rings. The van der Waals surface area contributed by atoms with Crippen molar-refractivity contribution in [3.05, 3.63) is 35.9 Å². The molecule has 0 saturated carbocycles. The van der Waals surface area contributed by atoms with Crippen LogP contribution in [0.2, 0.25) is 0 Å². The predicted octanol–water partition coefficient (Wildman–Crippen LogP) is 2.67. The number of alkyl carbamates (subject to hydrolysis) is 1. The van der Waals surface area contributed by atoms with E-state index in [1.807, 2.05) is 30.3 Å². The number of carbonyl (C=O) groups is 1. The van der Waals surface area contributed by atoms with Gasteiger partial charge >= 0.3 is 6.09 Å². The lowest BCUT2D eigenvalue weighted by Gasteiger charge is -2.28. The summed E-state index contributed by atoms with van der Waals surface area (Å²) in [4.78, 5) is 11.3. The summed E-state index contributed by atoms with van der Waals surface area (Å²) in [5.41, 5.74) is 0.779. The predicted molar refractivity (Wildman–Crippen MR) is 62.1 cm³/mol. The molecule has 0 bridgehead atoms. The molecule has 3 nitrogen and oxygen atoms in total. The number of amides is 1. The van der Waals surface area contributed by atoms with E-state index < -0.39 is 0 Å². The van der Waals surface area contributed by atoms with Crippen molar-refractivity contribution in [2.45, 2.75) is 25.8 Å². The molecule has 0 aromatic heterocycles. The highest BCUT2D eigenvalue weighted by Crippen LogP contribution is 2.32. The van der Waals surface area contributed by atoms with E-state index in [-0.39, 0.29) is 11.6 Å². The second kappa shape index (κ2) is 4.16. The van der Waals surface area contributed by atoms with E-state index in [1.165, 1.54) is 0 Å². The van der Waals surface area contributed by atoms with Crippen LogP contribution < -0.4 is 5.32 Å². The van der Waals surface area contributed by atoms with E-state index >= 15 is 0 Å². The fraction of sp³-hybridized carbons (Fsp3) is 0.462. The van der Waals surface area contributed by atoms with Crippen molar-refractivity contribution in [3.8, 4) is 0 Å². The Morgan fingerprint density at radius 1 is 1.38 bits per heavy atom. The summed E-state index contributed by atoms with van der Waals surface area (Å²) in [6.07, 6.45) is 0.576. The monoisotopic (exact) mass is 219 g/mol. The Hall–Kier alpha value is -1.51. The molecule has 1 N–H and O–H groups in total. The molecule has 1 aromatic carbocycles. The number of ether oxygens (including phenoxy) is 1. The van der Waals surface area contributed by atoms with Crippen molar-refractivity contribution in [2.24, 2.45) is 5.92 Å². The minimum absolute atomic E-state index is 0.315. The van der Waals surface area contributed by atoms with Crippen LogP contribution in [0.25, 0.3) is 0 Å². The van der Waals surface area contributed by atoms with Gasteiger partial charge in [0.2, 0.25) is 0 Å². The van der Waals surface area contributed by atoms with Gasteiger partial charge in [0, 0.05) is 0 Å². The van der Waals surface area contributed by atoms with Gasteiger partial charge in [-0.3, -0.25) is 0 Å². The quantitative estimate of drug-likeness (QED) is 0.848. The molecule has 86 valence electrons. The van der Waals surface area contributed by atoms with Crippen molar-refractivity contribution in [1.29, 1.82) is 0 Å². The summed E-state index contributed by atoms with van der Waals surface area (Å²) in [6, 6.07) is 10.0. The van der Waals surface area contributed by atoms with Gasteiger partial charge in [0.15, 0.2) is 0 Å². The molecule has 1 atom stereocenters. The third-order valence-corrected chi connectivity index (χ3v) is 2.87. The van der Waals surface area contributed by atoms with Crippen LogP contribution in [0.1, 0.15) is 25.8 Å². The highest BCUT2D eigenvalue weighted by atomic mass is 16.6. The third-order valence-electron chi connectivity index (χ3n) is 2.87. The van der Waals surface area contributed by atoms with Gasteiger partial charge in [-0.15, -0.1) is 0 Å². The van der Waals surface area contributed by atoms with Crippen LogP contribution in [0.5, 0.6) is 0 Å². The number of nitrogens with one attached hydrogen (secondary N) is 1. The largest absolute Gasteiger partial charge is 0.447 e. The third kappa shape index (κ3) is 2.03. The summed E-state index contributed by atoms with van der Waals surface area (Å²) in [5.74, 6) is 0.502. The summed E-state index contributed by atoms with van der Waals surface area (Å²) in [7, 11) is 0. The maximum absolute atomic E-state index is 11.3. The van der Waals surface area contributed by atoms with Gasteiger partial charge in [0.05, 0.1) is 0 Å². The Balaban J connectivity index is 2.32. The fourth-order valence-electron chi connectivity index (χ4n) is 2.29. The molecule has 16 heavy (non-hydrogen) atoms. The minimum atomic E-state index is -0.341. The Morgan fingerprint density at radius 3 is 2.56 bits per heavy atom. The number of carbonyl (C=O) groups excluding carboxylic acids is 1. The summed E-state index contributed by atoms with van der Waals surface area (Å²) in [6.45, 7) is 4.72. The average molecular weight is 219 g/mol. The van der Waals surface area contributed by atoms with Gasteiger partial charge < -0.3 is 10.1 Å². The maximum atomic E-state index is 11.3. The Morgan fingerprint density at radius 2 is 2.06 bits per heavy atom. The Kier molecular flexibility index (Phi) is 2.86. The first kappa shape index (κ1) is 11.0. The first-order chi connectivity index (χ1) is 7.62. The van der Waals surface area contributed by atoms with Gasteiger partial charge in [0.1, 0.15) is 12.1 Å². The van der Waals surface area contributed by atoms with Crippen LogP contribution in [-0.2, 0) is 10.3 Å². The lowest BCUT2D eigenvalue weighted by Crippen LogP contribution is -2.41. The Labute approximate surface area is 95.8 Å². The number of benzene rings is 1. The maximum Gasteiger partial charge on any atom is 0.408 e. The SMILES string of the molecule is CC(C)CC1(c2ccccc2)COC(=O)N1. The van der Waals surface area contributed by atoms with Gasteiger partial charge in [-0.2, -0.15) is 0 Å². The van der Waals surface area contributed by atoms with E-state index in [0.717, 1.165) is 12.0 Å². The lowest BCUT2D eigenvalue weighted by molar-refractivity contribution is 0.169. The molecule has 1 unspecified atom stereocenters. The lowest BCUT2D eigenvalue weighted by atomic mass is 9.83. The number of rotatable bonds is 3. The smallest absolute Gasteiger partial charge is 0.408 e. The molecule has 1 heterocycles. The molecule has 1 saturated heterocycles. The van der Waals surface area contributed by atoms with Crippen LogP contribution in [0.15, 0.2) is 30.3 Å². The van der Waals surface area contributed by atoms with E-state index in [9.17, 15) is 4.79 Å². The molecule has 1 amide bonds. The van der Waals surface area contributed by atoms with Crippen molar-refractivity contribution >= 4 is 6.09 Å². The summed E-state index contributed by atoms with van der Waals surface area (Å²) in [5, 5.41) is 2.95. The molecular formula is C13H17NO2. The fourth-order valence-corrected chi connectivity index (χ4v) is 2.29. The van der Waals surface area contributed by atoms with Crippen LogP contribution in [-0.4, -0.2) is 12.7 Å². The number of hydrogen-bond acceptors (Lipinski definition) is 2. The Bertz CT molecular complexity index is 375. The second-order valence-electron chi connectivity index (χ2n) is 4.75. The molecule has 0 aliphatic carbocycles. The first-order valence-electron chi connectivity index (χ1n) is 5.63. The summed E-state index contributed by atoms with van der Waals surface area (Å²) >= 11 is 0. The van der Waals surface area contributed by atoms with Crippen molar-refractivity contribution in [3.63, 3.8) is 0 Å². The highest BCUT2D eigenvalue weighted by Gasteiger charge is 2.41. The minimum Gasteiger partial charge on any atom is -0.447 e. The van der Waals surface area contributed by atoms with E-state index in [1.54, 1.807) is 0 Å².